The molecular weight excluding hydrogens is 348 g/mol. The first kappa shape index (κ1) is 18.4. The molecule has 1 heterocycles. The minimum absolute atomic E-state index is 0.182. The largest absolute Gasteiger partial charge is 0.411 e. The molecule has 0 aliphatic heterocycles. The van der Waals surface area contributed by atoms with Crippen LogP contribution in [0.2, 0.25) is 0 Å². The zero-order valence-electron chi connectivity index (χ0n) is 13.6. The maximum Gasteiger partial charge on any atom is 0.278 e. The quantitative estimate of drug-likeness (QED) is 0.695. The second-order valence-corrected chi connectivity index (χ2v) is 8.11. The van der Waals surface area contributed by atoms with Crippen molar-refractivity contribution in [3.8, 4) is 17.5 Å². The van der Waals surface area contributed by atoms with Crippen molar-refractivity contribution in [1.82, 2.24) is 14.5 Å². The van der Waals surface area contributed by atoms with Gasteiger partial charge in [0.15, 0.2) is 0 Å². The van der Waals surface area contributed by atoms with E-state index in [2.05, 4.69) is 16.3 Å². The fourth-order valence-electron chi connectivity index (χ4n) is 2.05. The maximum atomic E-state index is 12.6. The Bertz CT molecular complexity index is 838. The van der Waals surface area contributed by atoms with Crippen LogP contribution < -0.4 is 0 Å². The molecule has 0 amide bonds. The highest BCUT2D eigenvalue weighted by Gasteiger charge is 2.22. The number of benzene rings is 1. The molecule has 0 unspecified atom stereocenters. The minimum atomic E-state index is -3.55. The number of sulfonamides is 1. The van der Waals surface area contributed by atoms with Crippen LogP contribution in [-0.2, 0) is 10.0 Å². The van der Waals surface area contributed by atoms with Crippen molar-refractivity contribution in [3.05, 3.63) is 24.3 Å². The van der Waals surface area contributed by atoms with Crippen molar-refractivity contribution in [1.29, 1.82) is 5.26 Å². The number of nitrogens with zero attached hydrogens (tertiary/aromatic N) is 4. The van der Waals surface area contributed by atoms with Gasteiger partial charge in [-0.15, -0.1) is 10.2 Å². The first-order chi connectivity index (χ1) is 11.4. The zero-order chi connectivity index (χ0) is 17.7. The highest BCUT2D eigenvalue weighted by atomic mass is 32.2. The summed E-state index contributed by atoms with van der Waals surface area (Å²) < 4.78 is 32.1. The fourth-order valence-corrected chi connectivity index (χ4v) is 4.13. The highest BCUT2D eigenvalue weighted by Crippen LogP contribution is 2.27. The predicted octanol–water partition coefficient (Wildman–Crippen LogP) is 2.77. The van der Waals surface area contributed by atoms with Crippen LogP contribution in [0.3, 0.4) is 0 Å². The lowest BCUT2D eigenvalue weighted by atomic mass is 10.2. The van der Waals surface area contributed by atoms with E-state index in [1.807, 2.05) is 0 Å². The van der Waals surface area contributed by atoms with Gasteiger partial charge in [-0.05, 0) is 36.9 Å². The Morgan fingerprint density at radius 1 is 1.33 bits per heavy atom. The second kappa shape index (κ2) is 7.79. The molecule has 1 atom stereocenters. The van der Waals surface area contributed by atoms with Crippen molar-refractivity contribution in [2.45, 2.75) is 36.1 Å². The molecule has 9 heteroatoms. The van der Waals surface area contributed by atoms with Gasteiger partial charge in [0.2, 0.25) is 15.9 Å². The Labute approximate surface area is 145 Å². The molecule has 2 aromatic rings. The molecule has 0 N–H and O–H groups in total. The van der Waals surface area contributed by atoms with Crippen LogP contribution in [0.4, 0.5) is 0 Å². The van der Waals surface area contributed by atoms with E-state index in [-0.39, 0.29) is 21.3 Å². The second-order valence-electron chi connectivity index (χ2n) is 4.88. The number of nitriles is 1. The highest BCUT2D eigenvalue weighted by molar-refractivity contribution is 7.99. The molecule has 24 heavy (non-hydrogen) atoms. The van der Waals surface area contributed by atoms with E-state index < -0.39 is 10.0 Å². The van der Waals surface area contributed by atoms with Crippen molar-refractivity contribution < 1.29 is 12.8 Å². The average Bonchev–Trinajstić information content (AvgIpc) is 3.04. The first-order valence-corrected chi connectivity index (χ1v) is 9.74. The number of thioether (sulfide) groups is 1. The SMILES string of the molecule is CCN(CC)S(=O)(=O)c1cccc(-c2nnc(S[C@H](C)C#N)o2)c1. The van der Waals surface area contributed by atoms with E-state index in [4.69, 9.17) is 9.68 Å². The molecule has 1 aromatic carbocycles. The summed E-state index contributed by atoms with van der Waals surface area (Å²) >= 11 is 1.15. The predicted molar refractivity (Wildman–Crippen MR) is 90.8 cm³/mol. The zero-order valence-corrected chi connectivity index (χ0v) is 15.3. The minimum Gasteiger partial charge on any atom is -0.411 e. The molecule has 0 saturated heterocycles. The van der Waals surface area contributed by atoms with E-state index in [0.29, 0.717) is 18.7 Å². The lowest BCUT2D eigenvalue weighted by Gasteiger charge is -2.18. The van der Waals surface area contributed by atoms with E-state index in [0.717, 1.165) is 11.8 Å². The van der Waals surface area contributed by atoms with E-state index in [1.165, 1.54) is 10.4 Å². The summed E-state index contributed by atoms with van der Waals surface area (Å²) in [5.74, 6) is 0.222. The summed E-state index contributed by atoms with van der Waals surface area (Å²) in [5, 5.41) is 16.6. The van der Waals surface area contributed by atoms with Crippen LogP contribution in [0, 0.1) is 11.3 Å². The molecule has 0 fully saturated rings. The number of aromatic nitrogens is 2. The summed E-state index contributed by atoms with van der Waals surface area (Å²) in [7, 11) is -3.55. The number of rotatable bonds is 7. The molecule has 7 nitrogen and oxygen atoms in total. The molecule has 0 aliphatic carbocycles. The molecule has 2 rings (SSSR count). The molecular formula is C15H18N4O3S2. The molecule has 128 valence electrons. The fraction of sp³-hybridized carbons (Fsp3) is 0.400. The Kier molecular flexibility index (Phi) is 5.99. The third-order valence-corrected chi connectivity index (χ3v) is 6.16. The van der Waals surface area contributed by atoms with Crippen LogP contribution in [0.15, 0.2) is 38.8 Å². The summed E-state index contributed by atoms with van der Waals surface area (Å²) in [4.78, 5) is 0.182. The molecule has 0 saturated carbocycles. The average molecular weight is 366 g/mol. The van der Waals surface area contributed by atoms with Gasteiger partial charge in [-0.1, -0.05) is 19.9 Å². The van der Waals surface area contributed by atoms with Gasteiger partial charge in [-0.2, -0.15) is 9.57 Å². The third kappa shape index (κ3) is 3.95. The van der Waals surface area contributed by atoms with Crippen molar-refractivity contribution >= 4 is 21.8 Å². The van der Waals surface area contributed by atoms with Gasteiger partial charge < -0.3 is 4.42 Å². The van der Waals surface area contributed by atoms with Gasteiger partial charge in [-0.25, -0.2) is 8.42 Å². The van der Waals surface area contributed by atoms with Crippen LogP contribution in [0.1, 0.15) is 20.8 Å². The first-order valence-electron chi connectivity index (χ1n) is 7.42. The van der Waals surface area contributed by atoms with E-state index >= 15 is 0 Å². The number of hydrogen-bond acceptors (Lipinski definition) is 7. The van der Waals surface area contributed by atoms with Crippen LogP contribution in [0.25, 0.3) is 11.5 Å². The van der Waals surface area contributed by atoms with Crippen molar-refractivity contribution in [3.63, 3.8) is 0 Å². The van der Waals surface area contributed by atoms with Crippen LogP contribution >= 0.6 is 11.8 Å². The van der Waals surface area contributed by atoms with Gasteiger partial charge in [0.1, 0.15) is 0 Å². The molecule has 1 aromatic heterocycles. The van der Waals surface area contributed by atoms with Gasteiger partial charge in [0, 0.05) is 18.7 Å². The topological polar surface area (TPSA) is 100 Å². The molecule has 0 bridgehead atoms. The Morgan fingerprint density at radius 3 is 2.67 bits per heavy atom. The monoisotopic (exact) mass is 366 g/mol. The lowest BCUT2D eigenvalue weighted by molar-refractivity contribution is 0.445. The van der Waals surface area contributed by atoms with E-state index in [9.17, 15) is 8.42 Å². The van der Waals surface area contributed by atoms with Gasteiger partial charge in [0.25, 0.3) is 5.22 Å². The lowest BCUT2D eigenvalue weighted by Crippen LogP contribution is -2.30. The van der Waals surface area contributed by atoms with E-state index in [1.54, 1.807) is 39.0 Å². The Hall–Kier alpha value is -1.89. The Morgan fingerprint density at radius 2 is 2.04 bits per heavy atom. The molecule has 0 aliphatic rings. The van der Waals surface area contributed by atoms with Gasteiger partial charge >= 0.3 is 0 Å². The van der Waals surface area contributed by atoms with Crippen molar-refractivity contribution in [2.75, 3.05) is 13.1 Å². The normalized spacial score (nSPS) is 13.0. The Balaban J connectivity index is 2.33. The van der Waals surface area contributed by atoms with Gasteiger partial charge in [-0.3, -0.25) is 0 Å². The number of hydrogen-bond donors (Lipinski definition) is 0. The summed E-state index contributed by atoms with van der Waals surface area (Å²) in [6.45, 7) is 6.12. The maximum absolute atomic E-state index is 12.6. The van der Waals surface area contributed by atoms with Gasteiger partial charge in [0.05, 0.1) is 16.2 Å². The summed E-state index contributed by atoms with van der Waals surface area (Å²) in [5.41, 5.74) is 0.521. The summed E-state index contributed by atoms with van der Waals surface area (Å²) in [6, 6.07) is 8.47. The molecule has 0 radical (unpaired) electrons. The van der Waals surface area contributed by atoms with Crippen LogP contribution in [0.5, 0.6) is 0 Å². The smallest absolute Gasteiger partial charge is 0.278 e. The third-order valence-electron chi connectivity index (χ3n) is 3.29. The standard InChI is InChI=1S/C15H18N4O3S2/c1-4-19(5-2)24(20,21)13-8-6-7-12(9-13)14-17-18-15(22-14)23-11(3)10-16/h6-9,11H,4-5H2,1-3H3/t11-/m1/s1. The van der Waals surface area contributed by atoms with Crippen LogP contribution in [-0.4, -0.2) is 41.3 Å². The summed E-state index contributed by atoms with van der Waals surface area (Å²) in [6.07, 6.45) is 0. The van der Waals surface area contributed by atoms with Crippen molar-refractivity contribution in [2.24, 2.45) is 0 Å². The molecule has 0 spiro atoms.